The van der Waals surface area contributed by atoms with Crippen LogP contribution < -0.4 is 4.74 Å². The molecule has 0 aliphatic carbocycles. The number of benzene rings is 1. The van der Waals surface area contributed by atoms with E-state index in [-0.39, 0.29) is 18.3 Å². The third kappa shape index (κ3) is 3.17. The number of carbonyl (C=O) groups is 1. The van der Waals surface area contributed by atoms with Gasteiger partial charge in [-0.25, -0.2) is 4.39 Å². The van der Waals surface area contributed by atoms with E-state index in [1.165, 1.54) is 24.3 Å². The molecule has 1 aromatic carbocycles. The maximum atomic E-state index is 12.6. The molecule has 1 aromatic rings. The number of ether oxygens (including phenoxy) is 1. The van der Waals surface area contributed by atoms with Crippen molar-refractivity contribution in [3.8, 4) is 5.75 Å². The smallest absolute Gasteiger partial charge is 0.260 e. The molecule has 2 rings (SSSR count). The van der Waals surface area contributed by atoms with Crippen molar-refractivity contribution in [3.63, 3.8) is 0 Å². The molecule has 1 heterocycles. The van der Waals surface area contributed by atoms with Crippen molar-refractivity contribution in [2.75, 3.05) is 19.7 Å². The van der Waals surface area contributed by atoms with Gasteiger partial charge in [0.05, 0.1) is 6.10 Å². The van der Waals surface area contributed by atoms with Crippen molar-refractivity contribution in [3.05, 3.63) is 30.1 Å². The topological polar surface area (TPSA) is 49.8 Å². The molecule has 1 amide bonds. The number of carbonyl (C=O) groups excluding carboxylic acids is 1. The van der Waals surface area contributed by atoms with Crippen molar-refractivity contribution in [1.82, 2.24) is 4.90 Å². The largest absolute Gasteiger partial charge is 0.484 e. The molecular formula is C12H14FNO3. The van der Waals surface area contributed by atoms with Crippen molar-refractivity contribution >= 4 is 5.91 Å². The van der Waals surface area contributed by atoms with Crippen LogP contribution in [-0.2, 0) is 4.79 Å². The minimum Gasteiger partial charge on any atom is -0.484 e. The van der Waals surface area contributed by atoms with E-state index in [0.29, 0.717) is 25.3 Å². The molecule has 0 aromatic heterocycles. The zero-order chi connectivity index (χ0) is 12.3. The van der Waals surface area contributed by atoms with Crippen molar-refractivity contribution in [1.29, 1.82) is 0 Å². The van der Waals surface area contributed by atoms with Crippen molar-refractivity contribution in [2.45, 2.75) is 12.5 Å². The quantitative estimate of drug-likeness (QED) is 0.848. The van der Waals surface area contributed by atoms with E-state index in [4.69, 9.17) is 4.74 Å². The Morgan fingerprint density at radius 1 is 1.47 bits per heavy atom. The Hall–Kier alpha value is -1.62. The average Bonchev–Trinajstić information content (AvgIpc) is 2.75. The summed E-state index contributed by atoms with van der Waals surface area (Å²) in [5, 5.41) is 9.29. The van der Waals surface area contributed by atoms with E-state index < -0.39 is 6.10 Å². The van der Waals surface area contributed by atoms with E-state index in [9.17, 15) is 14.3 Å². The first-order valence-corrected chi connectivity index (χ1v) is 5.49. The predicted octanol–water partition coefficient (Wildman–Crippen LogP) is 0.798. The lowest BCUT2D eigenvalue weighted by Gasteiger charge is -2.15. The summed E-state index contributed by atoms with van der Waals surface area (Å²) in [5.41, 5.74) is 0. The fraction of sp³-hybridized carbons (Fsp3) is 0.417. The van der Waals surface area contributed by atoms with Gasteiger partial charge in [-0.3, -0.25) is 4.79 Å². The molecule has 0 spiro atoms. The third-order valence-corrected chi connectivity index (χ3v) is 2.69. The summed E-state index contributed by atoms with van der Waals surface area (Å²) in [6.07, 6.45) is 0.187. The fourth-order valence-electron chi connectivity index (χ4n) is 1.74. The molecule has 1 fully saturated rings. The van der Waals surface area contributed by atoms with Gasteiger partial charge < -0.3 is 14.7 Å². The lowest BCUT2D eigenvalue weighted by Crippen LogP contribution is -2.33. The van der Waals surface area contributed by atoms with Gasteiger partial charge in [0, 0.05) is 13.1 Å². The standard InChI is InChI=1S/C12H14FNO3/c13-9-1-3-11(4-2-9)17-8-12(16)14-6-5-10(15)7-14/h1-4,10,15H,5-8H2. The Balaban J connectivity index is 1.82. The summed E-state index contributed by atoms with van der Waals surface area (Å²) in [4.78, 5) is 13.2. The summed E-state index contributed by atoms with van der Waals surface area (Å²) < 4.78 is 17.8. The number of β-amino-alcohol motifs (C(OH)–C–C–N with tert-alkyl or cyclic N) is 1. The van der Waals surface area contributed by atoms with Gasteiger partial charge in [0.15, 0.2) is 6.61 Å². The Kier molecular flexibility index (Phi) is 3.58. The molecule has 1 atom stereocenters. The highest BCUT2D eigenvalue weighted by Crippen LogP contribution is 2.12. The van der Waals surface area contributed by atoms with Crippen LogP contribution in [0.15, 0.2) is 24.3 Å². The van der Waals surface area contributed by atoms with E-state index in [1.807, 2.05) is 0 Å². The molecule has 92 valence electrons. The number of halogens is 1. The zero-order valence-electron chi connectivity index (χ0n) is 9.30. The maximum Gasteiger partial charge on any atom is 0.260 e. The van der Waals surface area contributed by atoms with Gasteiger partial charge in [0.25, 0.3) is 5.91 Å². The monoisotopic (exact) mass is 239 g/mol. The first-order valence-electron chi connectivity index (χ1n) is 5.49. The number of hydrogen-bond acceptors (Lipinski definition) is 3. The molecule has 0 saturated carbocycles. The maximum absolute atomic E-state index is 12.6. The highest BCUT2D eigenvalue weighted by Gasteiger charge is 2.24. The lowest BCUT2D eigenvalue weighted by atomic mass is 10.3. The molecule has 17 heavy (non-hydrogen) atoms. The zero-order valence-corrected chi connectivity index (χ0v) is 9.30. The number of hydrogen-bond donors (Lipinski definition) is 1. The Morgan fingerprint density at radius 3 is 2.76 bits per heavy atom. The number of rotatable bonds is 3. The van der Waals surface area contributed by atoms with Crippen LogP contribution in [0.2, 0.25) is 0 Å². The Morgan fingerprint density at radius 2 is 2.18 bits per heavy atom. The van der Waals surface area contributed by atoms with Crippen LogP contribution in [0, 0.1) is 5.82 Å². The van der Waals surface area contributed by atoms with E-state index in [2.05, 4.69) is 0 Å². The van der Waals surface area contributed by atoms with Gasteiger partial charge in [-0.1, -0.05) is 0 Å². The first kappa shape index (κ1) is 11.9. The SMILES string of the molecule is O=C(COc1ccc(F)cc1)N1CCC(O)C1. The Labute approximate surface area is 98.6 Å². The summed E-state index contributed by atoms with van der Waals surface area (Å²) in [7, 11) is 0. The summed E-state index contributed by atoms with van der Waals surface area (Å²) >= 11 is 0. The second-order valence-corrected chi connectivity index (χ2v) is 4.02. The molecule has 0 bridgehead atoms. The minimum absolute atomic E-state index is 0.0850. The van der Waals surface area contributed by atoms with E-state index in [1.54, 1.807) is 4.90 Å². The molecule has 4 nitrogen and oxygen atoms in total. The summed E-state index contributed by atoms with van der Waals surface area (Å²) in [6, 6.07) is 5.50. The van der Waals surface area contributed by atoms with Gasteiger partial charge in [0.2, 0.25) is 0 Å². The van der Waals surface area contributed by atoms with Crippen LogP contribution in [0.1, 0.15) is 6.42 Å². The van der Waals surface area contributed by atoms with Crippen LogP contribution in [0.4, 0.5) is 4.39 Å². The van der Waals surface area contributed by atoms with Gasteiger partial charge in [0.1, 0.15) is 11.6 Å². The van der Waals surface area contributed by atoms with Crippen LogP contribution in [0.3, 0.4) is 0 Å². The van der Waals surface area contributed by atoms with Crippen LogP contribution >= 0.6 is 0 Å². The minimum atomic E-state index is -0.426. The number of aliphatic hydroxyl groups is 1. The predicted molar refractivity (Wildman–Crippen MR) is 59.1 cm³/mol. The highest BCUT2D eigenvalue weighted by molar-refractivity contribution is 5.78. The molecule has 1 unspecified atom stereocenters. The Bertz CT molecular complexity index is 393. The van der Waals surface area contributed by atoms with Gasteiger partial charge >= 0.3 is 0 Å². The first-order chi connectivity index (χ1) is 8.15. The van der Waals surface area contributed by atoms with Gasteiger partial charge in [-0.2, -0.15) is 0 Å². The molecule has 1 aliphatic heterocycles. The van der Waals surface area contributed by atoms with Crippen LogP contribution in [-0.4, -0.2) is 41.7 Å². The highest BCUT2D eigenvalue weighted by atomic mass is 19.1. The summed E-state index contributed by atoms with van der Waals surface area (Å²) in [5.74, 6) is -0.0447. The molecular weight excluding hydrogens is 225 g/mol. The molecule has 1 N–H and O–H groups in total. The van der Waals surface area contributed by atoms with Crippen molar-refractivity contribution < 1.29 is 19.0 Å². The molecule has 1 aliphatic rings. The molecule has 0 radical (unpaired) electrons. The second-order valence-electron chi connectivity index (χ2n) is 4.02. The third-order valence-electron chi connectivity index (χ3n) is 2.69. The van der Waals surface area contributed by atoms with Gasteiger partial charge in [-0.15, -0.1) is 0 Å². The van der Waals surface area contributed by atoms with Crippen molar-refractivity contribution in [2.24, 2.45) is 0 Å². The van der Waals surface area contributed by atoms with Crippen LogP contribution in [0.25, 0.3) is 0 Å². The fourth-order valence-corrected chi connectivity index (χ4v) is 1.74. The lowest BCUT2D eigenvalue weighted by molar-refractivity contribution is -0.132. The molecule has 1 saturated heterocycles. The average molecular weight is 239 g/mol. The normalized spacial score (nSPS) is 19.4. The van der Waals surface area contributed by atoms with E-state index >= 15 is 0 Å². The molecule has 5 heteroatoms. The summed E-state index contributed by atoms with van der Waals surface area (Å²) in [6.45, 7) is 0.844. The van der Waals surface area contributed by atoms with E-state index in [0.717, 1.165) is 0 Å². The second kappa shape index (κ2) is 5.14. The van der Waals surface area contributed by atoms with Gasteiger partial charge in [-0.05, 0) is 30.7 Å². The number of likely N-dealkylation sites (tertiary alicyclic amines) is 1. The number of nitrogens with zero attached hydrogens (tertiary/aromatic N) is 1. The van der Waals surface area contributed by atoms with Crippen LogP contribution in [0.5, 0.6) is 5.75 Å². The number of amides is 1. The number of aliphatic hydroxyl groups excluding tert-OH is 1.